The van der Waals surface area contributed by atoms with E-state index in [0.717, 1.165) is 6.07 Å². The zero-order valence-corrected chi connectivity index (χ0v) is 8.24. The molecular weight excluding hydrogens is 249 g/mol. The molecule has 13 heavy (non-hydrogen) atoms. The molecule has 1 aromatic carbocycles. The largest absolute Gasteiger partial charge is 0.434 e. The van der Waals surface area contributed by atoms with Crippen LogP contribution >= 0.6 is 15.9 Å². The van der Waals surface area contributed by atoms with E-state index >= 15 is 0 Å². The second-order valence-electron chi connectivity index (χ2n) is 2.41. The number of aryl methyl sites for hydroxylation is 1. The molecule has 0 amide bonds. The van der Waals surface area contributed by atoms with Crippen molar-refractivity contribution in [3.8, 4) is 5.75 Å². The summed E-state index contributed by atoms with van der Waals surface area (Å²) >= 11 is 2.98. The molecule has 72 valence electrons. The second-order valence-corrected chi connectivity index (χ2v) is 3.26. The molecule has 0 radical (unpaired) electrons. The van der Waals surface area contributed by atoms with Crippen molar-refractivity contribution in [1.29, 1.82) is 0 Å². The number of halogens is 4. The van der Waals surface area contributed by atoms with Crippen LogP contribution in [0.25, 0.3) is 0 Å². The molecule has 0 aliphatic heterocycles. The maximum absolute atomic E-state index is 12.9. The van der Waals surface area contributed by atoms with Gasteiger partial charge in [-0.15, -0.1) is 0 Å². The number of hydrogen-bond donors (Lipinski definition) is 0. The Kier molecular flexibility index (Phi) is 3.19. The SMILES string of the molecule is Cc1cc(Br)c(OC(F)F)cc1F. The summed E-state index contributed by atoms with van der Waals surface area (Å²) in [5, 5.41) is 0. The first kappa shape index (κ1) is 10.4. The smallest absolute Gasteiger partial charge is 0.387 e. The summed E-state index contributed by atoms with van der Waals surface area (Å²) in [6, 6.07) is 2.30. The lowest BCUT2D eigenvalue weighted by Crippen LogP contribution is -2.03. The first-order chi connectivity index (χ1) is 6.00. The minimum Gasteiger partial charge on any atom is -0.434 e. The summed E-state index contributed by atoms with van der Waals surface area (Å²) in [7, 11) is 0. The fourth-order valence-electron chi connectivity index (χ4n) is 0.814. The van der Waals surface area contributed by atoms with Crippen molar-refractivity contribution in [2.24, 2.45) is 0 Å². The van der Waals surface area contributed by atoms with Gasteiger partial charge in [0.15, 0.2) is 0 Å². The van der Waals surface area contributed by atoms with Gasteiger partial charge in [0.25, 0.3) is 0 Å². The van der Waals surface area contributed by atoms with Crippen LogP contribution in [0.2, 0.25) is 0 Å². The third kappa shape index (κ3) is 2.62. The molecule has 0 unspecified atom stereocenters. The van der Waals surface area contributed by atoms with Crippen LogP contribution in [0.5, 0.6) is 5.75 Å². The topological polar surface area (TPSA) is 9.23 Å². The number of ether oxygens (including phenoxy) is 1. The van der Waals surface area contributed by atoms with Gasteiger partial charge in [0.2, 0.25) is 0 Å². The fraction of sp³-hybridized carbons (Fsp3) is 0.250. The Bertz CT molecular complexity index is 315. The van der Waals surface area contributed by atoms with Crippen LogP contribution in [-0.2, 0) is 0 Å². The van der Waals surface area contributed by atoms with Crippen molar-refractivity contribution in [2.75, 3.05) is 0 Å². The standard InChI is InChI=1S/C8H6BrF3O/c1-4-2-5(9)7(3-6(4)10)13-8(11)12/h2-3,8H,1H3. The lowest BCUT2D eigenvalue weighted by molar-refractivity contribution is -0.0505. The molecule has 1 nitrogen and oxygen atoms in total. The van der Waals surface area contributed by atoms with Crippen LogP contribution < -0.4 is 4.74 Å². The maximum Gasteiger partial charge on any atom is 0.387 e. The van der Waals surface area contributed by atoms with Crippen LogP contribution in [0.3, 0.4) is 0 Å². The van der Waals surface area contributed by atoms with Crippen molar-refractivity contribution >= 4 is 15.9 Å². The molecule has 0 atom stereocenters. The van der Waals surface area contributed by atoms with E-state index < -0.39 is 12.4 Å². The quantitative estimate of drug-likeness (QED) is 0.785. The molecule has 0 aliphatic carbocycles. The van der Waals surface area contributed by atoms with Crippen molar-refractivity contribution in [3.63, 3.8) is 0 Å². The number of benzene rings is 1. The Morgan fingerprint density at radius 3 is 2.54 bits per heavy atom. The number of alkyl halides is 2. The van der Waals surface area contributed by atoms with E-state index in [2.05, 4.69) is 20.7 Å². The molecule has 0 spiro atoms. The zero-order valence-electron chi connectivity index (χ0n) is 6.65. The van der Waals surface area contributed by atoms with Crippen LogP contribution in [0.15, 0.2) is 16.6 Å². The van der Waals surface area contributed by atoms with E-state index in [4.69, 9.17) is 0 Å². The van der Waals surface area contributed by atoms with Crippen LogP contribution in [0.4, 0.5) is 13.2 Å². The highest BCUT2D eigenvalue weighted by Crippen LogP contribution is 2.28. The molecule has 0 aliphatic rings. The van der Waals surface area contributed by atoms with Gasteiger partial charge in [-0.25, -0.2) is 4.39 Å². The van der Waals surface area contributed by atoms with E-state index in [0.29, 0.717) is 10.0 Å². The van der Waals surface area contributed by atoms with Gasteiger partial charge in [0.1, 0.15) is 11.6 Å². The highest BCUT2D eigenvalue weighted by Gasteiger charge is 2.10. The zero-order chi connectivity index (χ0) is 10.0. The molecule has 0 fully saturated rings. The molecule has 1 aromatic rings. The molecule has 5 heteroatoms. The van der Waals surface area contributed by atoms with Gasteiger partial charge in [-0.2, -0.15) is 8.78 Å². The first-order valence-electron chi connectivity index (χ1n) is 3.41. The average Bonchev–Trinajstić information content (AvgIpc) is 1.99. The van der Waals surface area contributed by atoms with Crippen LogP contribution in [0, 0.1) is 12.7 Å². The van der Waals surface area contributed by atoms with Crippen molar-refractivity contribution < 1.29 is 17.9 Å². The van der Waals surface area contributed by atoms with Gasteiger partial charge in [-0.3, -0.25) is 0 Å². The monoisotopic (exact) mass is 254 g/mol. The third-order valence-electron chi connectivity index (χ3n) is 1.43. The van der Waals surface area contributed by atoms with E-state index in [-0.39, 0.29) is 5.75 Å². The Morgan fingerprint density at radius 2 is 2.00 bits per heavy atom. The van der Waals surface area contributed by atoms with E-state index in [1.807, 2.05) is 0 Å². The minimum atomic E-state index is -2.95. The van der Waals surface area contributed by atoms with Gasteiger partial charge in [-0.05, 0) is 34.5 Å². The summed E-state index contributed by atoms with van der Waals surface area (Å²) < 4.78 is 40.8. The molecule has 0 heterocycles. The Labute approximate surface area is 81.6 Å². The van der Waals surface area contributed by atoms with Gasteiger partial charge in [-0.1, -0.05) is 0 Å². The summed E-state index contributed by atoms with van der Waals surface area (Å²) in [5.74, 6) is -0.767. The highest BCUT2D eigenvalue weighted by atomic mass is 79.9. The maximum atomic E-state index is 12.9. The molecule has 0 saturated carbocycles. The van der Waals surface area contributed by atoms with Crippen molar-refractivity contribution in [2.45, 2.75) is 13.5 Å². The number of rotatable bonds is 2. The highest BCUT2D eigenvalue weighted by molar-refractivity contribution is 9.10. The molecule has 0 saturated heterocycles. The normalized spacial score (nSPS) is 10.6. The van der Waals surface area contributed by atoms with E-state index in [1.165, 1.54) is 13.0 Å². The summed E-state index contributed by atoms with van der Waals surface area (Å²) in [6.07, 6.45) is 0. The summed E-state index contributed by atoms with van der Waals surface area (Å²) in [5.41, 5.74) is 0.369. The fourth-order valence-corrected chi connectivity index (χ4v) is 1.37. The molecular formula is C8H6BrF3O. The average molecular weight is 255 g/mol. The Hall–Kier alpha value is -0.710. The molecule has 0 bridgehead atoms. The predicted octanol–water partition coefficient (Wildman–Crippen LogP) is 3.50. The van der Waals surface area contributed by atoms with Crippen molar-refractivity contribution in [1.82, 2.24) is 0 Å². The summed E-state index contributed by atoms with van der Waals surface area (Å²) in [6.45, 7) is -1.41. The summed E-state index contributed by atoms with van der Waals surface area (Å²) in [4.78, 5) is 0. The minimum absolute atomic E-state index is 0.196. The Balaban J connectivity index is 3.01. The lowest BCUT2D eigenvalue weighted by Gasteiger charge is -2.07. The lowest BCUT2D eigenvalue weighted by atomic mass is 10.2. The van der Waals surface area contributed by atoms with Crippen molar-refractivity contribution in [3.05, 3.63) is 28.0 Å². The van der Waals surface area contributed by atoms with Gasteiger partial charge in [0, 0.05) is 6.07 Å². The van der Waals surface area contributed by atoms with Gasteiger partial charge >= 0.3 is 6.61 Å². The van der Waals surface area contributed by atoms with Crippen LogP contribution in [-0.4, -0.2) is 6.61 Å². The van der Waals surface area contributed by atoms with Gasteiger partial charge < -0.3 is 4.74 Å². The van der Waals surface area contributed by atoms with E-state index in [9.17, 15) is 13.2 Å². The third-order valence-corrected chi connectivity index (χ3v) is 2.05. The van der Waals surface area contributed by atoms with E-state index in [1.54, 1.807) is 0 Å². The first-order valence-corrected chi connectivity index (χ1v) is 4.20. The Morgan fingerprint density at radius 1 is 1.38 bits per heavy atom. The molecule has 0 aromatic heterocycles. The van der Waals surface area contributed by atoms with Crippen LogP contribution in [0.1, 0.15) is 5.56 Å². The second kappa shape index (κ2) is 4.00. The molecule has 0 N–H and O–H groups in total. The van der Waals surface area contributed by atoms with Gasteiger partial charge in [0.05, 0.1) is 4.47 Å². The number of hydrogen-bond acceptors (Lipinski definition) is 1. The molecule has 1 rings (SSSR count). The predicted molar refractivity (Wildman–Crippen MR) is 45.5 cm³/mol.